The normalized spacial score (nSPS) is 27.4. The van der Waals surface area contributed by atoms with Crippen LogP contribution in [0.25, 0.3) is 0 Å². The first-order valence-electron chi connectivity index (χ1n) is 4.83. The molecule has 1 fully saturated rings. The van der Waals surface area contributed by atoms with Crippen LogP contribution in [-0.4, -0.2) is 43.6 Å². The molecule has 0 aliphatic carbocycles. The zero-order valence-electron chi connectivity index (χ0n) is 8.84. The molecule has 17 heavy (non-hydrogen) atoms. The molecule has 2 aliphatic rings. The number of hydrogen-bond acceptors (Lipinski definition) is 5. The summed E-state index contributed by atoms with van der Waals surface area (Å²) in [5, 5.41) is 20.0. The third kappa shape index (κ3) is 1.84. The summed E-state index contributed by atoms with van der Waals surface area (Å²) in [4.78, 5) is 34.2. The van der Waals surface area contributed by atoms with Crippen LogP contribution in [0.1, 0.15) is 13.3 Å². The van der Waals surface area contributed by atoms with Crippen molar-refractivity contribution in [3.05, 3.63) is 11.5 Å². The van der Waals surface area contributed by atoms with Crippen molar-refractivity contribution in [2.75, 3.05) is 0 Å². The molecule has 0 aromatic rings. The van der Waals surface area contributed by atoms with Crippen molar-refractivity contribution in [1.29, 1.82) is 0 Å². The van der Waals surface area contributed by atoms with E-state index in [1.165, 1.54) is 6.92 Å². The molecule has 2 amide bonds. The number of aliphatic hydroxyl groups is 1. The van der Waals surface area contributed by atoms with E-state index in [2.05, 4.69) is 5.32 Å². The molecule has 0 radical (unpaired) electrons. The van der Waals surface area contributed by atoms with Gasteiger partial charge in [0.05, 0.1) is 11.8 Å². The van der Waals surface area contributed by atoms with Crippen molar-refractivity contribution >= 4 is 29.5 Å². The smallest absolute Gasteiger partial charge is 0.356 e. The Morgan fingerprint density at radius 3 is 2.65 bits per heavy atom. The lowest BCUT2D eigenvalue weighted by Gasteiger charge is -2.45. The van der Waals surface area contributed by atoms with Gasteiger partial charge in [0.15, 0.2) is 11.5 Å². The molecular formula is C9H10N2O5S. The third-order valence-corrected chi connectivity index (χ3v) is 3.77. The van der Waals surface area contributed by atoms with E-state index in [-0.39, 0.29) is 23.6 Å². The van der Waals surface area contributed by atoms with Gasteiger partial charge in [0.1, 0.15) is 5.37 Å². The molecule has 2 aliphatic heterocycles. The zero-order chi connectivity index (χ0) is 12.7. The Hall–Kier alpha value is -1.70. The van der Waals surface area contributed by atoms with Crippen molar-refractivity contribution in [3.63, 3.8) is 0 Å². The molecule has 0 aromatic carbocycles. The summed E-state index contributed by atoms with van der Waals surface area (Å²) in [6.45, 7) is 1.27. The number of aliphatic hydroxyl groups excluding tert-OH is 1. The number of carboxylic acid groups (broad SMARTS) is 1. The number of rotatable bonds is 2. The Bertz CT molecular complexity index is 447. The van der Waals surface area contributed by atoms with E-state index in [1.807, 2.05) is 0 Å². The van der Waals surface area contributed by atoms with Crippen LogP contribution in [0.2, 0.25) is 0 Å². The molecule has 7 nitrogen and oxygen atoms in total. The fourth-order valence-electron chi connectivity index (χ4n) is 1.73. The standard InChI is InChI=1S/C9H10N2O5S/c1-3(12)10-8-7(14)6(9(15)16)11-4(13)2-5(11)17-8/h5,8,14H,2H2,1H3,(H,10,12)(H,15,16)/t5-,8?/m1/s1. The van der Waals surface area contributed by atoms with Gasteiger partial charge < -0.3 is 15.5 Å². The summed E-state index contributed by atoms with van der Waals surface area (Å²) in [6, 6.07) is 0. The van der Waals surface area contributed by atoms with Gasteiger partial charge in [-0.2, -0.15) is 0 Å². The van der Waals surface area contributed by atoms with Gasteiger partial charge >= 0.3 is 5.97 Å². The molecule has 0 saturated carbocycles. The number of nitrogens with zero attached hydrogens (tertiary/aromatic N) is 1. The molecule has 1 unspecified atom stereocenters. The van der Waals surface area contributed by atoms with Gasteiger partial charge in [0.2, 0.25) is 11.8 Å². The van der Waals surface area contributed by atoms with Crippen LogP contribution in [0.15, 0.2) is 11.5 Å². The fraction of sp³-hybridized carbons (Fsp3) is 0.444. The van der Waals surface area contributed by atoms with E-state index < -0.39 is 22.8 Å². The van der Waals surface area contributed by atoms with Gasteiger partial charge in [-0.05, 0) is 0 Å². The highest BCUT2D eigenvalue weighted by Gasteiger charge is 2.49. The van der Waals surface area contributed by atoms with E-state index in [0.717, 1.165) is 16.7 Å². The van der Waals surface area contributed by atoms with Crippen molar-refractivity contribution in [3.8, 4) is 0 Å². The molecule has 0 spiro atoms. The summed E-state index contributed by atoms with van der Waals surface area (Å²) in [7, 11) is 0. The number of carbonyl (C=O) groups is 3. The van der Waals surface area contributed by atoms with Crippen LogP contribution in [0.3, 0.4) is 0 Å². The number of carbonyl (C=O) groups excluding carboxylic acids is 2. The third-order valence-electron chi connectivity index (χ3n) is 2.47. The number of β-lactam (4-membered cyclic amide) rings is 1. The molecular weight excluding hydrogens is 248 g/mol. The van der Waals surface area contributed by atoms with E-state index in [0.29, 0.717) is 0 Å². The number of nitrogens with one attached hydrogen (secondary N) is 1. The molecule has 0 bridgehead atoms. The number of thioether (sulfide) groups is 1. The molecule has 8 heteroatoms. The second kappa shape index (κ2) is 3.95. The average molecular weight is 258 g/mol. The van der Waals surface area contributed by atoms with Crippen LogP contribution >= 0.6 is 11.8 Å². The Morgan fingerprint density at radius 2 is 2.18 bits per heavy atom. The Morgan fingerprint density at radius 1 is 1.53 bits per heavy atom. The second-order valence-electron chi connectivity index (χ2n) is 3.68. The fourth-order valence-corrected chi connectivity index (χ4v) is 3.11. The zero-order valence-corrected chi connectivity index (χ0v) is 9.65. The van der Waals surface area contributed by atoms with Crippen molar-refractivity contribution in [2.45, 2.75) is 24.1 Å². The van der Waals surface area contributed by atoms with Gasteiger partial charge in [0, 0.05) is 6.92 Å². The SMILES string of the molecule is CC(=O)NC1S[C@@H]2CC(=O)N2C(C(=O)O)=C1O. The van der Waals surface area contributed by atoms with Crippen molar-refractivity contribution in [2.24, 2.45) is 0 Å². The first kappa shape index (κ1) is 11.8. The molecule has 0 aromatic heterocycles. The Balaban J connectivity index is 2.34. The van der Waals surface area contributed by atoms with Crippen molar-refractivity contribution < 1.29 is 24.6 Å². The minimum atomic E-state index is -1.38. The minimum absolute atomic E-state index is 0.213. The first-order valence-corrected chi connectivity index (χ1v) is 5.77. The van der Waals surface area contributed by atoms with Gasteiger partial charge in [-0.3, -0.25) is 14.5 Å². The van der Waals surface area contributed by atoms with E-state index in [9.17, 15) is 19.5 Å². The molecule has 3 N–H and O–H groups in total. The monoisotopic (exact) mass is 258 g/mol. The topological polar surface area (TPSA) is 107 Å². The average Bonchev–Trinajstić information content (AvgIpc) is 2.20. The van der Waals surface area contributed by atoms with E-state index >= 15 is 0 Å². The second-order valence-corrected chi connectivity index (χ2v) is 4.97. The van der Waals surface area contributed by atoms with E-state index in [1.54, 1.807) is 0 Å². The highest BCUT2D eigenvalue weighted by Crippen LogP contribution is 2.42. The number of fused-ring (bicyclic) bond motifs is 1. The molecule has 2 heterocycles. The van der Waals surface area contributed by atoms with Gasteiger partial charge in [0.25, 0.3) is 0 Å². The maximum Gasteiger partial charge on any atom is 0.356 e. The molecule has 1 saturated heterocycles. The molecule has 2 rings (SSSR count). The van der Waals surface area contributed by atoms with Crippen LogP contribution in [0.4, 0.5) is 0 Å². The lowest BCUT2D eigenvalue weighted by atomic mass is 10.1. The Labute approximate surface area is 100 Å². The number of amides is 2. The van der Waals surface area contributed by atoms with Gasteiger partial charge in [-0.1, -0.05) is 0 Å². The summed E-state index contributed by atoms with van der Waals surface area (Å²) in [5.74, 6) is -2.59. The van der Waals surface area contributed by atoms with Crippen molar-refractivity contribution in [1.82, 2.24) is 10.2 Å². The lowest BCUT2D eigenvalue weighted by molar-refractivity contribution is -0.146. The quantitative estimate of drug-likeness (QED) is 0.582. The predicted molar refractivity (Wildman–Crippen MR) is 57.7 cm³/mol. The predicted octanol–water partition coefficient (Wildman–Crippen LogP) is -0.392. The number of aliphatic carboxylic acids is 1. The van der Waals surface area contributed by atoms with Gasteiger partial charge in [-0.25, -0.2) is 4.79 Å². The first-order chi connectivity index (χ1) is 7.91. The highest BCUT2D eigenvalue weighted by molar-refractivity contribution is 8.00. The van der Waals surface area contributed by atoms with Crippen LogP contribution < -0.4 is 5.32 Å². The van der Waals surface area contributed by atoms with E-state index in [4.69, 9.17) is 5.11 Å². The lowest BCUT2D eigenvalue weighted by Crippen LogP contribution is -2.57. The van der Waals surface area contributed by atoms with Crippen LogP contribution in [-0.2, 0) is 14.4 Å². The number of hydrogen-bond donors (Lipinski definition) is 3. The highest BCUT2D eigenvalue weighted by atomic mass is 32.2. The summed E-state index contributed by atoms with van der Waals surface area (Å²) < 4.78 is 0. The Kier molecular flexibility index (Phi) is 2.74. The maximum absolute atomic E-state index is 11.3. The largest absolute Gasteiger partial charge is 0.507 e. The van der Waals surface area contributed by atoms with Crippen LogP contribution in [0, 0.1) is 0 Å². The van der Waals surface area contributed by atoms with Gasteiger partial charge in [-0.15, -0.1) is 11.8 Å². The number of carboxylic acids is 1. The molecule has 92 valence electrons. The summed E-state index contributed by atoms with van der Waals surface area (Å²) in [6.07, 6.45) is 0.213. The van der Waals surface area contributed by atoms with Crippen LogP contribution in [0.5, 0.6) is 0 Å². The summed E-state index contributed by atoms with van der Waals surface area (Å²) in [5.41, 5.74) is -0.441. The minimum Gasteiger partial charge on any atom is -0.507 e. The summed E-state index contributed by atoms with van der Waals surface area (Å²) >= 11 is 1.14. The molecule has 2 atom stereocenters. The maximum atomic E-state index is 11.3.